The smallest absolute Gasteiger partial charge is 0.408 e. The van der Waals surface area contributed by atoms with E-state index in [9.17, 15) is 9.59 Å². The van der Waals surface area contributed by atoms with E-state index in [0.29, 0.717) is 17.5 Å². The van der Waals surface area contributed by atoms with Crippen molar-refractivity contribution < 1.29 is 14.3 Å². The fourth-order valence-electron chi connectivity index (χ4n) is 3.78. The number of rotatable bonds is 5. The van der Waals surface area contributed by atoms with E-state index in [2.05, 4.69) is 15.5 Å². The van der Waals surface area contributed by atoms with E-state index in [1.165, 1.54) is 6.92 Å². The van der Waals surface area contributed by atoms with Crippen molar-refractivity contribution in [3.63, 3.8) is 0 Å². The number of anilines is 1. The number of pyridine rings is 1. The lowest BCUT2D eigenvalue weighted by Gasteiger charge is -2.26. The number of alkyl carbamates (subject to hydrolysis) is 1. The number of para-hydroxylation sites is 1. The minimum atomic E-state index is -0.576. The summed E-state index contributed by atoms with van der Waals surface area (Å²) in [6.45, 7) is 11.2. The van der Waals surface area contributed by atoms with E-state index < -0.39 is 11.7 Å². The van der Waals surface area contributed by atoms with Gasteiger partial charge >= 0.3 is 6.09 Å². The predicted molar refractivity (Wildman–Crippen MR) is 124 cm³/mol. The standard InChI is InChI=1S/C23H31ClN4O3/c1-14(26-22(30)31-23(3,4)5)18-11-17-7-6-8-19(24)20(17)27-21(18)28-10-9-16(13-28)12-25-15(2)29/h6-8,11,14,16H,9-10,12-13H2,1-5H3,(H,25,29)(H,26,30). The lowest BCUT2D eigenvalue weighted by molar-refractivity contribution is -0.119. The van der Waals surface area contributed by atoms with Crippen LogP contribution in [0.4, 0.5) is 10.6 Å². The van der Waals surface area contributed by atoms with Crippen LogP contribution in [0.1, 0.15) is 52.6 Å². The Morgan fingerprint density at radius 1 is 1.35 bits per heavy atom. The van der Waals surface area contributed by atoms with Crippen LogP contribution >= 0.6 is 11.6 Å². The Bertz CT molecular complexity index is 973. The maximum Gasteiger partial charge on any atom is 0.408 e. The highest BCUT2D eigenvalue weighted by Crippen LogP contribution is 2.34. The van der Waals surface area contributed by atoms with Gasteiger partial charge in [0.25, 0.3) is 0 Å². The zero-order chi connectivity index (χ0) is 22.8. The number of aromatic nitrogens is 1. The number of ether oxygens (including phenoxy) is 1. The number of carbonyl (C=O) groups excluding carboxylic acids is 2. The van der Waals surface area contributed by atoms with E-state index >= 15 is 0 Å². The number of hydrogen-bond donors (Lipinski definition) is 2. The first-order valence-electron chi connectivity index (χ1n) is 10.6. The van der Waals surface area contributed by atoms with Gasteiger partial charge in [0.1, 0.15) is 11.4 Å². The molecule has 31 heavy (non-hydrogen) atoms. The molecule has 1 fully saturated rings. The minimum Gasteiger partial charge on any atom is -0.444 e. The monoisotopic (exact) mass is 446 g/mol. The van der Waals surface area contributed by atoms with Crippen molar-refractivity contribution >= 4 is 40.3 Å². The molecule has 0 radical (unpaired) electrons. The number of halogens is 1. The van der Waals surface area contributed by atoms with Crippen LogP contribution in [0, 0.1) is 5.92 Å². The molecule has 2 N–H and O–H groups in total. The normalized spacial score (nSPS) is 17.5. The van der Waals surface area contributed by atoms with Crippen molar-refractivity contribution in [1.29, 1.82) is 0 Å². The fraction of sp³-hybridized carbons (Fsp3) is 0.522. The predicted octanol–water partition coefficient (Wildman–Crippen LogP) is 4.44. The molecule has 1 saturated heterocycles. The van der Waals surface area contributed by atoms with Crippen LogP contribution in [-0.4, -0.2) is 42.2 Å². The van der Waals surface area contributed by atoms with Gasteiger partial charge in [-0.2, -0.15) is 0 Å². The summed E-state index contributed by atoms with van der Waals surface area (Å²) < 4.78 is 5.43. The molecule has 2 heterocycles. The molecule has 2 amide bonds. The van der Waals surface area contributed by atoms with Crippen LogP contribution in [0.2, 0.25) is 5.02 Å². The first-order valence-corrected chi connectivity index (χ1v) is 11.0. The molecule has 168 valence electrons. The quantitative estimate of drug-likeness (QED) is 0.709. The SMILES string of the molecule is CC(=O)NCC1CCN(c2nc3c(Cl)cccc3cc2C(C)NC(=O)OC(C)(C)C)C1. The Balaban J connectivity index is 1.90. The highest BCUT2D eigenvalue weighted by molar-refractivity contribution is 6.35. The second-order valence-electron chi connectivity index (χ2n) is 9.12. The van der Waals surface area contributed by atoms with Crippen LogP contribution in [0.3, 0.4) is 0 Å². The number of amides is 2. The van der Waals surface area contributed by atoms with E-state index in [1.54, 1.807) is 0 Å². The molecule has 7 nitrogen and oxygen atoms in total. The van der Waals surface area contributed by atoms with Gasteiger partial charge in [-0.25, -0.2) is 9.78 Å². The molecule has 0 saturated carbocycles. The summed E-state index contributed by atoms with van der Waals surface area (Å²) in [5, 5.41) is 7.34. The highest BCUT2D eigenvalue weighted by Gasteiger charge is 2.28. The molecular formula is C23H31ClN4O3. The second-order valence-corrected chi connectivity index (χ2v) is 9.53. The van der Waals surface area contributed by atoms with Crippen LogP contribution in [0.5, 0.6) is 0 Å². The lowest BCUT2D eigenvalue weighted by Crippen LogP contribution is -2.35. The Hall–Kier alpha value is -2.54. The topological polar surface area (TPSA) is 83.6 Å². The van der Waals surface area contributed by atoms with Gasteiger partial charge in [0.2, 0.25) is 5.91 Å². The molecule has 0 aliphatic carbocycles. The zero-order valence-corrected chi connectivity index (χ0v) is 19.5. The molecule has 2 atom stereocenters. The van der Waals surface area contributed by atoms with Gasteiger partial charge in [0.05, 0.1) is 16.6 Å². The number of hydrogen-bond acceptors (Lipinski definition) is 5. The van der Waals surface area contributed by atoms with Gasteiger partial charge in [-0.05, 0) is 52.2 Å². The van der Waals surface area contributed by atoms with Crippen LogP contribution in [-0.2, 0) is 9.53 Å². The van der Waals surface area contributed by atoms with Crippen LogP contribution in [0.25, 0.3) is 10.9 Å². The van der Waals surface area contributed by atoms with E-state index in [1.807, 2.05) is 52.0 Å². The summed E-state index contributed by atoms with van der Waals surface area (Å²) in [5.41, 5.74) is 1.06. The summed E-state index contributed by atoms with van der Waals surface area (Å²) in [4.78, 5) is 30.8. The van der Waals surface area contributed by atoms with Crippen LogP contribution < -0.4 is 15.5 Å². The average Bonchev–Trinajstić information content (AvgIpc) is 3.13. The van der Waals surface area contributed by atoms with E-state index in [4.69, 9.17) is 21.3 Å². The Labute approximate surface area is 188 Å². The molecule has 3 rings (SSSR count). The lowest BCUT2D eigenvalue weighted by atomic mass is 10.1. The summed E-state index contributed by atoms with van der Waals surface area (Å²) in [6.07, 6.45) is 0.484. The largest absolute Gasteiger partial charge is 0.444 e. The van der Waals surface area contributed by atoms with E-state index in [0.717, 1.165) is 41.8 Å². The number of carbonyl (C=O) groups is 2. The summed E-state index contributed by atoms with van der Waals surface area (Å²) in [7, 11) is 0. The number of benzene rings is 1. The molecule has 2 unspecified atom stereocenters. The molecule has 1 aliphatic rings. The molecule has 1 aromatic heterocycles. The summed E-state index contributed by atoms with van der Waals surface area (Å²) >= 11 is 6.42. The van der Waals surface area contributed by atoms with Crippen LogP contribution in [0.15, 0.2) is 24.3 Å². The number of nitrogens with one attached hydrogen (secondary N) is 2. The zero-order valence-electron chi connectivity index (χ0n) is 18.8. The molecular weight excluding hydrogens is 416 g/mol. The third-order valence-electron chi connectivity index (χ3n) is 5.23. The Morgan fingerprint density at radius 3 is 2.77 bits per heavy atom. The molecule has 8 heteroatoms. The van der Waals surface area contributed by atoms with Gasteiger partial charge < -0.3 is 20.3 Å². The number of fused-ring (bicyclic) bond motifs is 1. The van der Waals surface area contributed by atoms with Crippen molar-refractivity contribution in [3.8, 4) is 0 Å². The molecule has 0 spiro atoms. The third kappa shape index (κ3) is 6.00. The van der Waals surface area contributed by atoms with Crippen molar-refractivity contribution in [2.45, 2.75) is 52.7 Å². The van der Waals surface area contributed by atoms with Gasteiger partial charge in [-0.3, -0.25) is 4.79 Å². The summed E-state index contributed by atoms with van der Waals surface area (Å²) in [6, 6.07) is 7.40. The van der Waals surface area contributed by atoms with Gasteiger partial charge in [0.15, 0.2) is 0 Å². The third-order valence-corrected chi connectivity index (χ3v) is 5.53. The average molecular weight is 447 g/mol. The van der Waals surface area contributed by atoms with Crippen molar-refractivity contribution in [2.24, 2.45) is 5.92 Å². The highest BCUT2D eigenvalue weighted by atomic mass is 35.5. The van der Waals surface area contributed by atoms with Gasteiger partial charge in [0, 0.05) is 37.5 Å². The van der Waals surface area contributed by atoms with Gasteiger partial charge in [-0.1, -0.05) is 23.7 Å². The Morgan fingerprint density at radius 2 is 2.10 bits per heavy atom. The van der Waals surface area contributed by atoms with Gasteiger partial charge in [-0.15, -0.1) is 0 Å². The van der Waals surface area contributed by atoms with E-state index in [-0.39, 0.29) is 11.9 Å². The number of nitrogens with zero attached hydrogens (tertiary/aromatic N) is 2. The Kier molecular flexibility index (Phi) is 6.94. The molecule has 1 aromatic carbocycles. The maximum atomic E-state index is 12.4. The first-order chi connectivity index (χ1) is 14.5. The summed E-state index contributed by atoms with van der Waals surface area (Å²) in [5.74, 6) is 1.12. The first kappa shape index (κ1) is 23.1. The minimum absolute atomic E-state index is 0.0232. The second kappa shape index (κ2) is 9.30. The molecule has 2 aromatic rings. The maximum absolute atomic E-state index is 12.4. The molecule has 1 aliphatic heterocycles. The van der Waals surface area contributed by atoms with Crippen molar-refractivity contribution in [2.75, 3.05) is 24.5 Å². The fourth-order valence-corrected chi connectivity index (χ4v) is 4.01. The molecule has 0 bridgehead atoms. The van der Waals surface area contributed by atoms with Crippen molar-refractivity contribution in [1.82, 2.24) is 15.6 Å². The van der Waals surface area contributed by atoms with Crippen molar-refractivity contribution in [3.05, 3.63) is 34.9 Å².